The van der Waals surface area contributed by atoms with Crippen molar-refractivity contribution in [1.82, 2.24) is 27.7 Å². The van der Waals surface area contributed by atoms with Gasteiger partial charge in [0.25, 0.3) is 20.0 Å². The van der Waals surface area contributed by atoms with E-state index in [0.717, 1.165) is 76.5 Å². The summed E-state index contributed by atoms with van der Waals surface area (Å²) in [6, 6.07) is 165. The minimum Gasteiger partial charge on any atom is -0.423 e. The van der Waals surface area contributed by atoms with Crippen molar-refractivity contribution in [2.45, 2.75) is 22.6 Å². The maximum Gasteiger partial charge on any atom is 0.488 e. The standard InChI is InChI=1S/C25H23N3O2S.C20H19BrN2O2S.4C18H15P.C5H6BNO2.Pd/c1-27-15-11-20(12-16-27)24-18-28(31(29,30)22-5-3-2-4-6-22)25-8-7-21(17-23(24)25)19-9-13-26-14-10-19;1-22-11-9-15(10-12-22)19-14-23(20-8-7-16(21)13-18(19)20)26(24,25)17-5-3-2-4-6-17;4*1-4-10-16(11-5-1)19(17-12-6-2-7-13-17)18-14-8-3-9-15-18;8-6(9)5-1-3-7-4-2-5;/h2-11,13-14,17-18H,12,15-16H2,1H3;2-9,13-14H,10-12H2,1H3;4*1-15H;1-4,8-9H;. The van der Waals surface area contributed by atoms with Crippen molar-refractivity contribution in [3.05, 3.63) is 550 Å². The number of rotatable bonds is 20. The first-order chi connectivity index (χ1) is 69.6. The van der Waals surface area contributed by atoms with Crippen LogP contribution in [0, 0.1) is 0 Å². The minimum absolute atomic E-state index is 0. The van der Waals surface area contributed by atoms with Gasteiger partial charge < -0.3 is 19.8 Å². The Balaban J connectivity index is 0.000000128. The molecule has 2 aliphatic heterocycles. The molecule has 12 nitrogen and oxygen atoms in total. The van der Waals surface area contributed by atoms with Crippen molar-refractivity contribution in [3.63, 3.8) is 0 Å². The van der Waals surface area contributed by atoms with Crippen molar-refractivity contribution in [3.8, 4) is 11.1 Å². The first kappa shape index (κ1) is 104. The molecule has 0 spiro atoms. The van der Waals surface area contributed by atoms with Crippen LogP contribution in [0.25, 0.3) is 44.1 Å². The van der Waals surface area contributed by atoms with Crippen molar-refractivity contribution in [2.75, 3.05) is 40.3 Å². The second kappa shape index (κ2) is 52.9. The number of aromatic nitrogens is 4. The van der Waals surface area contributed by atoms with Crippen LogP contribution in [-0.4, -0.2) is 102 Å². The Hall–Kier alpha value is -13.0. The Morgan fingerprint density at radius 2 is 0.517 bits per heavy atom. The van der Waals surface area contributed by atoms with E-state index in [-0.39, 0.29) is 25.3 Å². The van der Waals surface area contributed by atoms with Gasteiger partial charge in [0.15, 0.2) is 0 Å². The number of nitrogens with zero attached hydrogens (tertiary/aromatic N) is 6. The predicted octanol–water partition coefficient (Wildman–Crippen LogP) is 21.6. The van der Waals surface area contributed by atoms with Gasteiger partial charge in [-0.15, -0.1) is 0 Å². The molecule has 0 fully saturated rings. The third-order valence-corrected chi connectivity index (χ3v) is 37.5. The second-order valence-corrected chi connectivity index (χ2v) is 46.9. The molecule has 16 aromatic carbocycles. The molecule has 22 rings (SSSR count). The zero-order valence-corrected chi connectivity index (χ0v) is 87.5. The van der Waals surface area contributed by atoms with Crippen molar-refractivity contribution in [2.24, 2.45) is 0 Å². The predicted molar refractivity (Wildman–Crippen MR) is 608 cm³/mol. The summed E-state index contributed by atoms with van der Waals surface area (Å²) in [6.45, 7) is 3.66. The molecule has 0 saturated heterocycles. The summed E-state index contributed by atoms with van der Waals surface area (Å²) in [6.07, 6.45) is 16.3. The van der Waals surface area contributed by atoms with Gasteiger partial charge in [0.1, 0.15) is 0 Å². The average molecular weight is 2140 g/mol. The normalized spacial score (nSPS) is 12.4. The Kier molecular flexibility index (Phi) is 38.6. The summed E-state index contributed by atoms with van der Waals surface area (Å²) in [5.41, 5.74) is 8.32. The molecule has 6 heterocycles. The molecule has 0 atom stereocenters. The maximum atomic E-state index is 13.5. The Morgan fingerprint density at radius 1 is 0.287 bits per heavy atom. The number of fused-ring (bicyclic) bond motifs is 2. The van der Waals surface area contributed by atoms with E-state index in [1.165, 1.54) is 95.1 Å². The molecule has 714 valence electrons. The number of hydrogen-bond donors (Lipinski definition) is 2. The Labute approximate surface area is 868 Å². The molecule has 0 unspecified atom stereocenters. The van der Waals surface area contributed by atoms with Crippen LogP contribution < -0.4 is 69.1 Å². The van der Waals surface area contributed by atoms with E-state index >= 15 is 0 Å². The molecule has 0 radical (unpaired) electrons. The SMILES string of the molecule is CN1CC=C(c2cn(S(=O)(=O)c3ccccc3)c3ccc(-c4ccncc4)cc23)CC1.CN1CC=C(c2cn(S(=O)(=O)c3ccccc3)c3ccc(Br)cc23)CC1.OB(O)c1ccncc1.[Pd].c1ccc(P(c2ccccc2)c2ccccc2)cc1.c1ccc(P(c2ccccc2)c2ccccc2)cc1.c1ccc(P(c2ccccc2)c2ccccc2)cc1.c1ccc(P(c2ccccc2)c2ccccc2)cc1. The molecule has 143 heavy (non-hydrogen) atoms. The fourth-order valence-electron chi connectivity index (χ4n) is 16.7. The van der Waals surface area contributed by atoms with E-state index in [2.05, 4.69) is 432 Å². The van der Waals surface area contributed by atoms with Gasteiger partial charge in [-0.3, -0.25) is 9.97 Å². The third kappa shape index (κ3) is 27.9. The van der Waals surface area contributed by atoms with Crippen LogP contribution in [-0.2, 0) is 40.5 Å². The Morgan fingerprint density at radius 3 is 0.748 bits per heavy atom. The molecule has 0 bridgehead atoms. The number of hydrogen-bond acceptors (Lipinski definition) is 10. The molecule has 20 aromatic rings. The van der Waals surface area contributed by atoms with Gasteiger partial charge in [0.05, 0.1) is 20.8 Å². The zero-order chi connectivity index (χ0) is 98.1. The first-order valence-corrected chi connectivity index (χ1v) is 56.0. The average Bonchev–Trinajstić information content (AvgIpc) is 1.58. The van der Waals surface area contributed by atoms with Crippen molar-refractivity contribution >= 4 is 177 Å². The van der Waals surface area contributed by atoms with Crippen LogP contribution in [0.15, 0.2) is 549 Å². The monoisotopic (exact) mass is 2140 g/mol. The van der Waals surface area contributed by atoms with Crippen LogP contribution >= 0.6 is 47.6 Å². The summed E-state index contributed by atoms with van der Waals surface area (Å²) in [5.74, 6) is 0. The molecule has 4 aromatic heterocycles. The summed E-state index contributed by atoms with van der Waals surface area (Å²) < 4.78 is 57.2. The third-order valence-electron chi connectivity index (χ3n) is 23.8. The molecule has 0 saturated carbocycles. The largest absolute Gasteiger partial charge is 0.488 e. The van der Waals surface area contributed by atoms with Crippen LogP contribution in [0.5, 0.6) is 0 Å². The van der Waals surface area contributed by atoms with Crippen molar-refractivity contribution < 1.29 is 47.3 Å². The fourth-order valence-corrected chi connectivity index (χ4v) is 29.1. The summed E-state index contributed by atoms with van der Waals surface area (Å²) in [7, 11) is -6.33. The molecule has 2 aliphatic rings. The first-order valence-electron chi connectivity index (χ1n) is 46.9. The zero-order valence-electron chi connectivity index (χ0n) is 79.1. The van der Waals surface area contributed by atoms with Crippen LogP contribution in [0.1, 0.15) is 24.0 Å². The van der Waals surface area contributed by atoms with E-state index in [9.17, 15) is 16.8 Å². The van der Waals surface area contributed by atoms with Crippen LogP contribution in [0.2, 0.25) is 0 Å². The fraction of sp³-hybridized carbons (Fsp3) is 0.0656. The second-order valence-electron chi connectivity index (χ2n) is 33.4. The molecular formula is C122H108BBrN6O6P4PdS2. The molecule has 21 heteroatoms. The topological polar surface area (TPSA) is 151 Å². The quantitative estimate of drug-likeness (QED) is 0.0557. The van der Waals surface area contributed by atoms with E-state index in [1.54, 1.807) is 85.5 Å². The van der Waals surface area contributed by atoms with E-state index < -0.39 is 58.9 Å². The number of halogens is 1. The van der Waals surface area contributed by atoms with E-state index in [0.29, 0.717) is 21.4 Å². The number of benzene rings is 16. The van der Waals surface area contributed by atoms with Gasteiger partial charge in [-0.2, -0.15) is 0 Å². The van der Waals surface area contributed by atoms with Crippen LogP contribution in [0.4, 0.5) is 0 Å². The minimum atomic E-state index is -3.70. The Bertz CT molecular complexity index is 6770. The van der Waals surface area contributed by atoms with Gasteiger partial charge in [0.2, 0.25) is 0 Å². The molecule has 0 amide bonds. The van der Waals surface area contributed by atoms with Crippen LogP contribution in [0.3, 0.4) is 0 Å². The number of likely N-dealkylation sites (N-methyl/N-ethyl adjacent to an activating group) is 2. The van der Waals surface area contributed by atoms with E-state index in [1.807, 2.05) is 54.6 Å². The van der Waals surface area contributed by atoms with E-state index in [4.69, 9.17) is 10.0 Å². The summed E-state index contributed by atoms with van der Waals surface area (Å²) in [5, 5.41) is 35.8. The van der Waals surface area contributed by atoms with Gasteiger partial charge >= 0.3 is 7.12 Å². The molecule has 0 aliphatic carbocycles. The maximum absolute atomic E-state index is 13.5. The molecule has 2 N–H and O–H groups in total. The summed E-state index contributed by atoms with van der Waals surface area (Å²) in [4.78, 5) is 12.9. The van der Waals surface area contributed by atoms with Gasteiger partial charge in [-0.1, -0.05) is 435 Å². The van der Waals surface area contributed by atoms with Crippen molar-refractivity contribution in [1.29, 1.82) is 0 Å². The summed E-state index contributed by atoms with van der Waals surface area (Å²) >= 11 is 3.52. The number of pyridine rings is 2. The van der Waals surface area contributed by atoms with Gasteiger partial charge in [-0.25, -0.2) is 24.8 Å². The smallest absolute Gasteiger partial charge is 0.423 e. The van der Waals surface area contributed by atoms with Gasteiger partial charge in [-0.05, 0) is 229 Å². The van der Waals surface area contributed by atoms with Gasteiger partial charge in [0, 0.05) is 110 Å². The molecular weight excluding hydrogens is 2030 g/mol.